The van der Waals surface area contributed by atoms with Gasteiger partial charge in [0.15, 0.2) is 11.5 Å². The molecule has 0 aliphatic carbocycles. The minimum Gasteiger partial charge on any atom is -0.486 e. The summed E-state index contributed by atoms with van der Waals surface area (Å²) in [7, 11) is 0. The third kappa shape index (κ3) is 4.31. The number of amides is 1. The van der Waals surface area contributed by atoms with Crippen molar-refractivity contribution in [3.05, 3.63) is 68.7 Å². The van der Waals surface area contributed by atoms with Crippen LogP contribution in [0.3, 0.4) is 0 Å². The molecule has 2 aromatic rings. The molecule has 1 heterocycles. The number of carbonyl (C=O) groups excluding carboxylic acids is 1. The van der Waals surface area contributed by atoms with E-state index in [1.807, 2.05) is 0 Å². The van der Waals surface area contributed by atoms with Crippen molar-refractivity contribution >= 4 is 29.3 Å². The van der Waals surface area contributed by atoms with Gasteiger partial charge in [-0.3, -0.25) is 14.9 Å². The Morgan fingerprint density at radius 1 is 1.27 bits per heavy atom. The Balaban J connectivity index is 1.61. The van der Waals surface area contributed by atoms with Crippen molar-refractivity contribution in [1.29, 1.82) is 0 Å². The van der Waals surface area contributed by atoms with E-state index in [1.54, 1.807) is 24.3 Å². The van der Waals surface area contributed by atoms with Crippen LogP contribution in [0.2, 0.25) is 5.02 Å². The predicted molar refractivity (Wildman–Crippen MR) is 96.4 cm³/mol. The van der Waals surface area contributed by atoms with Crippen molar-refractivity contribution in [3.8, 4) is 11.5 Å². The van der Waals surface area contributed by atoms with Gasteiger partial charge in [0.05, 0.1) is 9.95 Å². The Kier molecular flexibility index (Phi) is 5.38. The largest absolute Gasteiger partial charge is 0.486 e. The molecule has 1 amide bonds. The van der Waals surface area contributed by atoms with Crippen molar-refractivity contribution in [2.24, 2.45) is 0 Å². The monoisotopic (exact) mass is 374 g/mol. The molecule has 0 unspecified atom stereocenters. The number of non-ortho nitro benzene ring substituents is 1. The number of halogens is 1. The summed E-state index contributed by atoms with van der Waals surface area (Å²) in [5.74, 6) is 0.737. The third-order valence-electron chi connectivity index (χ3n) is 3.63. The van der Waals surface area contributed by atoms with Crippen molar-refractivity contribution < 1.29 is 19.2 Å². The molecule has 2 aromatic carbocycles. The molecule has 8 heteroatoms. The highest BCUT2D eigenvalue weighted by Crippen LogP contribution is 2.38. The second-order valence-electron chi connectivity index (χ2n) is 5.51. The standard InChI is InChI=1S/C18H15ClN2O5/c19-15-9-13(10-16-18(15)26-7-6-25-16)11-20-17(22)5-4-12-2-1-3-14(8-12)21(23)24/h1-5,8-10H,6-7,11H2,(H,20,22)/b5-4+. The Bertz CT molecular complexity index is 882. The van der Waals surface area contributed by atoms with Crippen molar-refractivity contribution in [2.45, 2.75) is 6.54 Å². The average molecular weight is 375 g/mol. The van der Waals surface area contributed by atoms with Crippen LogP contribution in [0, 0.1) is 10.1 Å². The molecular formula is C18H15ClN2O5. The molecule has 0 saturated heterocycles. The number of nitro groups is 1. The van der Waals surface area contributed by atoms with E-state index < -0.39 is 4.92 Å². The first-order valence-corrected chi connectivity index (χ1v) is 8.19. The predicted octanol–water partition coefficient (Wildman–Crippen LogP) is 3.35. The topological polar surface area (TPSA) is 90.7 Å². The summed E-state index contributed by atoms with van der Waals surface area (Å²) < 4.78 is 10.9. The fraction of sp³-hybridized carbons (Fsp3) is 0.167. The quantitative estimate of drug-likeness (QED) is 0.492. The first-order chi connectivity index (χ1) is 12.5. The molecule has 0 atom stereocenters. The summed E-state index contributed by atoms with van der Waals surface area (Å²) in [6, 6.07) is 9.50. The molecular weight excluding hydrogens is 360 g/mol. The molecule has 0 fully saturated rings. The van der Waals surface area contributed by atoms with Gasteiger partial charge in [0, 0.05) is 24.8 Å². The summed E-state index contributed by atoms with van der Waals surface area (Å²) in [5, 5.41) is 13.9. The molecule has 3 rings (SSSR count). The molecule has 0 spiro atoms. The number of hydrogen-bond donors (Lipinski definition) is 1. The van der Waals surface area contributed by atoms with Gasteiger partial charge < -0.3 is 14.8 Å². The minimum atomic E-state index is -0.483. The number of ether oxygens (including phenoxy) is 2. The molecule has 134 valence electrons. The van der Waals surface area contributed by atoms with E-state index in [0.29, 0.717) is 35.3 Å². The molecule has 0 bridgehead atoms. The summed E-state index contributed by atoms with van der Waals surface area (Å²) in [6.07, 6.45) is 2.83. The van der Waals surface area contributed by atoms with Crippen molar-refractivity contribution in [2.75, 3.05) is 13.2 Å². The highest BCUT2D eigenvalue weighted by Gasteiger charge is 2.16. The minimum absolute atomic E-state index is 0.0292. The zero-order valence-electron chi connectivity index (χ0n) is 13.6. The maximum Gasteiger partial charge on any atom is 0.270 e. The number of rotatable bonds is 5. The Morgan fingerprint density at radius 2 is 2.08 bits per heavy atom. The Labute approximate surface area is 154 Å². The van der Waals surface area contributed by atoms with Gasteiger partial charge in [-0.25, -0.2) is 0 Å². The van der Waals surface area contributed by atoms with Crippen LogP contribution >= 0.6 is 11.6 Å². The number of nitrogens with one attached hydrogen (secondary N) is 1. The fourth-order valence-electron chi connectivity index (χ4n) is 2.43. The highest BCUT2D eigenvalue weighted by molar-refractivity contribution is 6.32. The van der Waals surface area contributed by atoms with Gasteiger partial charge in [0.25, 0.3) is 5.69 Å². The maximum absolute atomic E-state index is 12.0. The number of nitrogens with zero attached hydrogens (tertiary/aromatic N) is 1. The molecule has 1 N–H and O–H groups in total. The zero-order valence-corrected chi connectivity index (χ0v) is 14.4. The van der Waals surface area contributed by atoms with Gasteiger partial charge in [-0.15, -0.1) is 0 Å². The molecule has 1 aliphatic heterocycles. The molecule has 0 radical (unpaired) electrons. The normalized spacial score (nSPS) is 12.8. The second-order valence-corrected chi connectivity index (χ2v) is 5.91. The van der Waals surface area contributed by atoms with E-state index >= 15 is 0 Å². The van der Waals surface area contributed by atoms with Crippen LogP contribution in [0.1, 0.15) is 11.1 Å². The van der Waals surface area contributed by atoms with Crippen molar-refractivity contribution in [3.63, 3.8) is 0 Å². The van der Waals surface area contributed by atoms with Gasteiger partial charge in [-0.2, -0.15) is 0 Å². The van der Waals surface area contributed by atoms with Crippen LogP contribution in [-0.4, -0.2) is 24.0 Å². The smallest absolute Gasteiger partial charge is 0.270 e. The van der Waals surface area contributed by atoms with Gasteiger partial charge >= 0.3 is 0 Å². The lowest BCUT2D eigenvalue weighted by Gasteiger charge is -2.20. The molecule has 0 aromatic heterocycles. The third-order valence-corrected chi connectivity index (χ3v) is 3.91. The summed E-state index contributed by atoms with van der Waals surface area (Å²) in [4.78, 5) is 22.2. The summed E-state index contributed by atoms with van der Waals surface area (Å²) >= 11 is 6.16. The fourth-order valence-corrected chi connectivity index (χ4v) is 2.72. The number of nitro benzene ring substituents is 1. The maximum atomic E-state index is 12.0. The van der Waals surface area contributed by atoms with Crippen LogP contribution in [0.5, 0.6) is 11.5 Å². The van der Waals surface area contributed by atoms with E-state index in [1.165, 1.54) is 24.3 Å². The number of benzene rings is 2. The van der Waals surface area contributed by atoms with Gasteiger partial charge in [0.2, 0.25) is 5.91 Å². The van der Waals surface area contributed by atoms with E-state index in [4.69, 9.17) is 21.1 Å². The summed E-state index contributed by atoms with van der Waals surface area (Å²) in [5.41, 5.74) is 1.31. The zero-order chi connectivity index (χ0) is 18.5. The molecule has 26 heavy (non-hydrogen) atoms. The average Bonchev–Trinajstić information content (AvgIpc) is 2.65. The first-order valence-electron chi connectivity index (χ1n) is 7.81. The highest BCUT2D eigenvalue weighted by atomic mass is 35.5. The van der Waals surface area contributed by atoms with Crippen LogP contribution in [0.25, 0.3) is 6.08 Å². The number of carbonyl (C=O) groups is 1. The Hall–Kier alpha value is -3.06. The number of hydrogen-bond acceptors (Lipinski definition) is 5. The Morgan fingerprint density at radius 3 is 2.88 bits per heavy atom. The lowest BCUT2D eigenvalue weighted by molar-refractivity contribution is -0.384. The van der Waals surface area contributed by atoms with Crippen LogP contribution < -0.4 is 14.8 Å². The lowest BCUT2D eigenvalue weighted by Crippen LogP contribution is -2.21. The van der Waals surface area contributed by atoms with Gasteiger partial charge in [0.1, 0.15) is 13.2 Å². The first kappa shape index (κ1) is 17.8. The van der Waals surface area contributed by atoms with Crippen LogP contribution in [0.15, 0.2) is 42.5 Å². The SMILES string of the molecule is O=C(/C=C/c1cccc([N+](=O)[O-])c1)NCc1cc(Cl)c2c(c1)OCCO2. The van der Waals surface area contributed by atoms with Crippen molar-refractivity contribution in [1.82, 2.24) is 5.32 Å². The molecule has 0 saturated carbocycles. The van der Waals surface area contributed by atoms with Crippen LogP contribution in [-0.2, 0) is 11.3 Å². The van der Waals surface area contributed by atoms with Gasteiger partial charge in [-0.05, 0) is 29.3 Å². The summed E-state index contributed by atoms with van der Waals surface area (Å²) in [6.45, 7) is 1.16. The lowest BCUT2D eigenvalue weighted by atomic mass is 10.1. The van der Waals surface area contributed by atoms with E-state index in [-0.39, 0.29) is 18.1 Å². The van der Waals surface area contributed by atoms with E-state index in [0.717, 1.165) is 5.56 Å². The van der Waals surface area contributed by atoms with Gasteiger partial charge in [-0.1, -0.05) is 23.7 Å². The van der Waals surface area contributed by atoms with E-state index in [2.05, 4.69) is 5.32 Å². The number of fused-ring (bicyclic) bond motifs is 1. The molecule has 7 nitrogen and oxygen atoms in total. The molecule has 1 aliphatic rings. The second kappa shape index (κ2) is 7.88. The van der Waals surface area contributed by atoms with E-state index in [9.17, 15) is 14.9 Å². The van der Waals surface area contributed by atoms with Crippen LogP contribution in [0.4, 0.5) is 5.69 Å².